The highest BCUT2D eigenvalue weighted by Gasteiger charge is 2.49. The molecule has 2 aliphatic heterocycles. The van der Waals surface area contributed by atoms with Crippen LogP contribution >= 0.6 is 0 Å². The summed E-state index contributed by atoms with van der Waals surface area (Å²) in [5, 5.41) is 30.3. The van der Waals surface area contributed by atoms with Crippen LogP contribution in [0.2, 0.25) is 0 Å². The summed E-state index contributed by atoms with van der Waals surface area (Å²) in [5.74, 6) is 1.06. The van der Waals surface area contributed by atoms with Gasteiger partial charge in [0, 0.05) is 41.5 Å². The lowest BCUT2D eigenvalue weighted by Crippen LogP contribution is -2.58. The predicted molar refractivity (Wildman–Crippen MR) is 122 cm³/mol. The molecule has 31 heavy (non-hydrogen) atoms. The van der Waals surface area contributed by atoms with E-state index in [1.54, 1.807) is 12.3 Å². The van der Waals surface area contributed by atoms with Crippen molar-refractivity contribution >= 4 is 5.82 Å². The minimum absolute atomic E-state index is 0.188. The van der Waals surface area contributed by atoms with Crippen molar-refractivity contribution in [3.05, 3.63) is 42.2 Å². The highest BCUT2D eigenvalue weighted by molar-refractivity contribution is 5.76. The van der Waals surface area contributed by atoms with Crippen LogP contribution in [0.25, 0.3) is 22.4 Å². The molecule has 7 heteroatoms. The summed E-state index contributed by atoms with van der Waals surface area (Å²) in [5.41, 5.74) is 4.71. The molecule has 2 saturated heterocycles. The van der Waals surface area contributed by atoms with Crippen molar-refractivity contribution in [1.29, 1.82) is 0 Å². The van der Waals surface area contributed by atoms with Crippen LogP contribution in [0.5, 0.6) is 5.75 Å². The Morgan fingerprint density at radius 1 is 1.06 bits per heavy atom. The first-order valence-corrected chi connectivity index (χ1v) is 10.9. The number of hydrogen-bond acceptors (Lipinski definition) is 6. The van der Waals surface area contributed by atoms with Crippen LogP contribution in [0.4, 0.5) is 5.82 Å². The number of aromatic nitrogens is 4. The maximum atomic E-state index is 10.7. The molecular formula is C24H30N6O. The normalized spacial score (nSPS) is 27.4. The van der Waals surface area contributed by atoms with Crippen LogP contribution < -0.4 is 10.2 Å². The number of phenols is 1. The Hall–Kier alpha value is -2.93. The summed E-state index contributed by atoms with van der Waals surface area (Å²) in [4.78, 5) is 2.27. The second kappa shape index (κ2) is 7.05. The van der Waals surface area contributed by atoms with E-state index in [1.165, 1.54) is 12.8 Å². The Kier molecular flexibility index (Phi) is 4.55. The van der Waals surface area contributed by atoms with Crippen LogP contribution in [0.3, 0.4) is 0 Å². The molecule has 0 saturated carbocycles. The third-order valence-corrected chi connectivity index (χ3v) is 7.19. The topological polar surface area (TPSA) is 90.0 Å². The fraction of sp³-hybridized carbons (Fsp3) is 0.458. The molecule has 0 spiro atoms. The molecule has 162 valence electrons. The van der Waals surface area contributed by atoms with Gasteiger partial charge in [-0.05, 0) is 81.8 Å². The van der Waals surface area contributed by atoms with E-state index in [0.717, 1.165) is 35.3 Å². The molecule has 0 amide bonds. The van der Waals surface area contributed by atoms with Gasteiger partial charge in [-0.25, -0.2) is 0 Å². The lowest BCUT2D eigenvalue weighted by atomic mass is 9.84. The van der Waals surface area contributed by atoms with E-state index in [2.05, 4.69) is 51.5 Å². The number of aryl methyl sites for hydroxylation is 1. The van der Waals surface area contributed by atoms with Gasteiger partial charge >= 0.3 is 0 Å². The molecule has 2 aromatic heterocycles. The zero-order valence-corrected chi connectivity index (χ0v) is 18.6. The summed E-state index contributed by atoms with van der Waals surface area (Å²) >= 11 is 0. The van der Waals surface area contributed by atoms with Gasteiger partial charge in [-0.2, -0.15) is 5.10 Å². The number of aromatic amines is 1. The van der Waals surface area contributed by atoms with Crippen LogP contribution in [-0.2, 0) is 0 Å². The maximum absolute atomic E-state index is 10.7. The van der Waals surface area contributed by atoms with E-state index in [9.17, 15) is 5.11 Å². The SMILES string of the molecule is Cc1cc(-c2ccc(N(C)[C@H]3C[C@]4(C)CC[C@](C)(C3)N4)nn2)c(O)cc1-c1cn[nH]c1. The number of aromatic hydroxyl groups is 1. The molecule has 0 radical (unpaired) electrons. The fourth-order valence-corrected chi connectivity index (χ4v) is 5.55. The van der Waals surface area contributed by atoms with E-state index < -0.39 is 0 Å². The van der Waals surface area contributed by atoms with E-state index in [0.29, 0.717) is 17.3 Å². The fourth-order valence-electron chi connectivity index (χ4n) is 5.55. The van der Waals surface area contributed by atoms with Crippen molar-refractivity contribution in [1.82, 2.24) is 25.7 Å². The van der Waals surface area contributed by atoms with Crippen LogP contribution in [0.1, 0.15) is 45.1 Å². The minimum Gasteiger partial charge on any atom is -0.507 e. The largest absolute Gasteiger partial charge is 0.507 e. The molecule has 0 aliphatic carbocycles. The van der Waals surface area contributed by atoms with Crippen molar-refractivity contribution in [2.75, 3.05) is 11.9 Å². The van der Waals surface area contributed by atoms with E-state index >= 15 is 0 Å². The molecule has 2 bridgehead atoms. The highest BCUT2D eigenvalue weighted by Crippen LogP contribution is 2.44. The first-order valence-electron chi connectivity index (χ1n) is 10.9. The molecule has 2 fully saturated rings. The van der Waals surface area contributed by atoms with Crippen molar-refractivity contribution in [3.8, 4) is 28.1 Å². The average Bonchev–Trinajstić information content (AvgIpc) is 3.34. The average molecular weight is 419 g/mol. The lowest BCUT2D eigenvalue weighted by Gasteiger charge is -2.45. The molecular weight excluding hydrogens is 388 g/mol. The monoisotopic (exact) mass is 418 g/mol. The quantitative estimate of drug-likeness (QED) is 0.592. The number of piperidine rings is 1. The van der Waals surface area contributed by atoms with Crippen molar-refractivity contribution in [3.63, 3.8) is 0 Å². The molecule has 4 heterocycles. The van der Waals surface area contributed by atoms with Gasteiger partial charge in [0.25, 0.3) is 0 Å². The Balaban J connectivity index is 1.39. The molecule has 5 rings (SSSR count). The molecule has 3 aromatic rings. The Bertz CT molecular complexity index is 1080. The van der Waals surface area contributed by atoms with Crippen LogP contribution in [0.15, 0.2) is 36.7 Å². The van der Waals surface area contributed by atoms with Crippen molar-refractivity contribution < 1.29 is 5.11 Å². The van der Waals surface area contributed by atoms with E-state index in [-0.39, 0.29) is 16.8 Å². The number of anilines is 1. The summed E-state index contributed by atoms with van der Waals surface area (Å²) in [6.07, 6.45) is 8.24. The Labute approximate surface area is 182 Å². The number of nitrogens with one attached hydrogen (secondary N) is 2. The third kappa shape index (κ3) is 3.57. The smallest absolute Gasteiger partial charge is 0.151 e. The van der Waals surface area contributed by atoms with Gasteiger partial charge < -0.3 is 15.3 Å². The van der Waals surface area contributed by atoms with Gasteiger partial charge in [0.1, 0.15) is 5.75 Å². The van der Waals surface area contributed by atoms with Gasteiger partial charge in [0.2, 0.25) is 0 Å². The zero-order valence-electron chi connectivity index (χ0n) is 18.6. The zero-order chi connectivity index (χ0) is 21.8. The molecule has 3 N–H and O–H groups in total. The van der Waals surface area contributed by atoms with Crippen molar-refractivity contribution in [2.45, 2.75) is 63.6 Å². The standard InChI is InChI=1S/C24H30N6O/c1-15-9-19(21(31)10-18(15)16-13-25-26-14-16)20-5-6-22(28-27-20)30(4)17-11-23(2)7-8-24(3,12-17)29-23/h5-6,9-10,13-14,17,29,31H,7-8,11-12H2,1-4H3,(H,25,26)/t17-,23-,24+. The number of hydrogen-bond donors (Lipinski definition) is 3. The predicted octanol–water partition coefficient (Wildman–Crippen LogP) is 4.05. The number of fused-ring (bicyclic) bond motifs is 2. The summed E-state index contributed by atoms with van der Waals surface area (Å²) in [6.45, 7) is 6.70. The van der Waals surface area contributed by atoms with Gasteiger partial charge in [-0.1, -0.05) is 0 Å². The molecule has 7 nitrogen and oxygen atoms in total. The number of rotatable bonds is 4. The Morgan fingerprint density at radius 2 is 1.81 bits per heavy atom. The lowest BCUT2D eigenvalue weighted by molar-refractivity contribution is 0.207. The summed E-state index contributed by atoms with van der Waals surface area (Å²) < 4.78 is 0. The van der Waals surface area contributed by atoms with Crippen LogP contribution in [0, 0.1) is 6.92 Å². The van der Waals surface area contributed by atoms with Gasteiger partial charge in [-0.15, -0.1) is 10.2 Å². The third-order valence-electron chi connectivity index (χ3n) is 7.19. The molecule has 2 aliphatic rings. The van der Waals surface area contributed by atoms with Crippen molar-refractivity contribution in [2.24, 2.45) is 0 Å². The maximum Gasteiger partial charge on any atom is 0.151 e. The minimum atomic E-state index is 0.188. The number of phenolic OH excluding ortho intramolecular Hbond substituents is 1. The number of benzene rings is 1. The Morgan fingerprint density at radius 3 is 2.42 bits per heavy atom. The van der Waals surface area contributed by atoms with Gasteiger partial charge in [-0.3, -0.25) is 5.10 Å². The van der Waals surface area contributed by atoms with E-state index in [4.69, 9.17) is 0 Å². The second-order valence-corrected chi connectivity index (χ2v) is 9.87. The number of nitrogens with zero attached hydrogens (tertiary/aromatic N) is 4. The number of H-pyrrole nitrogens is 1. The molecule has 3 atom stereocenters. The highest BCUT2D eigenvalue weighted by atomic mass is 16.3. The van der Waals surface area contributed by atoms with Crippen LogP contribution in [-0.4, -0.2) is 49.7 Å². The second-order valence-electron chi connectivity index (χ2n) is 9.87. The van der Waals surface area contributed by atoms with E-state index in [1.807, 2.05) is 31.3 Å². The van der Waals surface area contributed by atoms with Gasteiger partial charge in [0.15, 0.2) is 5.82 Å². The summed E-state index contributed by atoms with van der Waals surface area (Å²) in [6, 6.07) is 8.11. The molecule has 0 unspecified atom stereocenters. The summed E-state index contributed by atoms with van der Waals surface area (Å²) in [7, 11) is 2.12. The first kappa shape index (κ1) is 20.0. The van der Waals surface area contributed by atoms with Gasteiger partial charge in [0.05, 0.1) is 11.9 Å². The first-order chi connectivity index (χ1) is 14.8. The molecule has 1 aromatic carbocycles.